The maximum atomic E-state index is 13.1. The predicted octanol–water partition coefficient (Wildman–Crippen LogP) is 3.66. The first-order chi connectivity index (χ1) is 15.2. The lowest BCUT2D eigenvalue weighted by molar-refractivity contribution is 0.0938. The Balaban J connectivity index is 1.53. The molecule has 1 unspecified atom stereocenters. The average Bonchev–Trinajstić information content (AvgIpc) is 3.52. The highest BCUT2D eigenvalue weighted by Crippen LogP contribution is 2.31. The summed E-state index contributed by atoms with van der Waals surface area (Å²) < 4.78 is 10.8. The van der Waals surface area contributed by atoms with E-state index in [9.17, 15) is 4.79 Å². The number of aromatic amines is 1. The lowest BCUT2D eigenvalue weighted by Gasteiger charge is -2.29. The summed E-state index contributed by atoms with van der Waals surface area (Å²) in [5.74, 6) is 1.45. The Morgan fingerprint density at radius 3 is 2.55 bits per heavy atom. The summed E-state index contributed by atoms with van der Waals surface area (Å²) in [6, 6.07) is 15.6. The summed E-state index contributed by atoms with van der Waals surface area (Å²) in [4.78, 5) is 15.5. The van der Waals surface area contributed by atoms with Crippen molar-refractivity contribution in [2.24, 2.45) is 0 Å². The van der Waals surface area contributed by atoms with Crippen LogP contribution in [-0.2, 0) is 0 Å². The van der Waals surface area contributed by atoms with Gasteiger partial charge in [-0.1, -0.05) is 18.2 Å². The van der Waals surface area contributed by atoms with Crippen molar-refractivity contribution in [1.29, 1.82) is 0 Å². The second-order valence-corrected chi connectivity index (χ2v) is 7.60. The van der Waals surface area contributed by atoms with E-state index in [1.165, 1.54) is 12.8 Å². The van der Waals surface area contributed by atoms with Crippen molar-refractivity contribution in [3.63, 3.8) is 0 Å². The van der Waals surface area contributed by atoms with Crippen LogP contribution in [0.3, 0.4) is 0 Å². The van der Waals surface area contributed by atoms with Crippen LogP contribution in [0.5, 0.6) is 11.5 Å². The summed E-state index contributed by atoms with van der Waals surface area (Å²) in [5.41, 5.74) is 3.18. The Bertz CT molecular complexity index is 1010. The van der Waals surface area contributed by atoms with Crippen LogP contribution in [0.25, 0.3) is 11.3 Å². The Labute approximate surface area is 182 Å². The Kier molecular flexibility index (Phi) is 6.52. The number of benzene rings is 2. The molecule has 1 saturated heterocycles. The van der Waals surface area contributed by atoms with E-state index in [4.69, 9.17) is 9.47 Å². The molecule has 0 bridgehead atoms. The largest absolute Gasteiger partial charge is 0.497 e. The zero-order chi connectivity index (χ0) is 21.6. The van der Waals surface area contributed by atoms with Crippen molar-refractivity contribution in [2.45, 2.75) is 18.9 Å². The van der Waals surface area contributed by atoms with Gasteiger partial charge in [-0.3, -0.25) is 14.8 Å². The van der Waals surface area contributed by atoms with Crippen molar-refractivity contribution in [2.75, 3.05) is 33.9 Å². The number of methoxy groups -OCH3 is 2. The van der Waals surface area contributed by atoms with E-state index in [0.29, 0.717) is 17.8 Å². The van der Waals surface area contributed by atoms with Gasteiger partial charge in [0.1, 0.15) is 11.5 Å². The minimum absolute atomic E-state index is 0.0546. The Morgan fingerprint density at radius 1 is 1.10 bits per heavy atom. The van der Waals surface area contributed by atoms with Crippen molar-refractivity contribution < 1.29 is 14.3 Å². The number of hydrogen-bond acceptors (Lipinski definition) is 5. The van der Waals surface area contributed by atoms with E-state index >= 15 is 0 Å². The number of carbonyl (C=O) groups is 1. The quantitative estimate of drug-likeness (QED) is 0.581. The molecule has 1 aliphatic rings. The van der Waals surface area contributed by atoms with Crippen molar-refractivity contribution in [3.8, 4) is 22.8 Å². The summed E-state index contributed by atoms with van der Waals surface area (Å²) >= 11 is 0. The van der Waals surface area contributed by atoms with Crippen LogP contribution in [0.15, 0.2) is 54.7 Å². The third-order valence-corrected chi connectivity index (χ3v) is 5.80. The number of aromatic nitrogens is 2. The fraction of sp³-hybridized carbons (Fsp3) is 0.333. The molecule has 1 aromatic heterocycles. The van der Waals surface area contributed by atoms with E-state index in [2.05, 4.69) is 26.5 Å². The molecule has 1 aliphatic heterocycles. The van der Waals surface area contributed by atoms with E-state index < -0.39 is 0 Å². The molecule has 2 N–H and O–H groups in total. The maximum Gasteiger partial charge on any atom is 0.255 e. The molecule has 1 atom stereocenters. The monoisotopic (exact) mass is 420 g/mol. The number of likely N-dealkylation sites (tertiary alicyclic amines) is 1. The van der Waals surface area contributed by atoms with Crippen LogP contribution in [0.1, 0.15) is 34.8 Å². The molecule has 4 rings (SSSR count). The standard InChI is InChI=1S/C24H28N4O3/c1-30-18-11-9-17(10-12-18)23-20(15-26-27-23)24(29)25-16-21(28-13-5-6-14-28)19-7-3-4-8-22(19)31-2/h3-4,7-12,15,21H,5-6,13-14,16H2,1-2H3,(H,25,29)(H,26,27). The summed E-state index contributed by atoms with van der Waals surface area (Å²) in [6.07, 6.45) is 3.91. The number of carbonyl (C=O) groups excluding carboxylic acids is 1. The molecule has 0 radical (unpaired) electrons. The van der Waals surface area contributed by atoms with Gasteiger partial charge in [0.2, 0.25) is 0 Å². The van der Waals surface area contributed by atoms with Crippen LogP contribution in [0.4, 0.5) is 0 Å². The van der Waals surface area contributed by atoms with Crippen LogP contribution in [0, 0.1) is 0 Å². The summed E-state index contributed by atoms with van der Waals surface area (Å²) in [6.45, 7) is 2.52. The van der Waals surface area contributed by atoms with Crippen LogP contribution in [-0.4, -0.2) is 54.9 Å². The van der Waals surface area contributed by atoms with Gasteiger partial charge in [-0.15, -0.1) is 0 Å². The number of ether oxygens (including phenoxy) is 2. The van der Waals surface area contributed by atoms with Gasteiger partial charge >= 0.3 is 0 Å². The van der Waals surface area contributed by atoms with Crippen molar-refractivity contribution >= 4 is 5.91 Å². The molecule has 2 heterocycles. The van der Waals surface area contributed by atoms with Crippen molar-refractivity contribution in [1.82, 2.24) is 20.4 Å². The smallest absolute Gasteiger partial charge is 0.255 e. The predicted molar refractivity (Wildman–Crippen MR) is 119 cm³/mol. The van der Waals surface area contributed by atoms with Crippen LogP contribution < -0.4 is 14.8 Å². The highest BCUT2D eigenvalue weighted by Gasteiger charge is 2.27. The molecule has 162 valence electrons. The molecule has 2 aromatic carbocycles. The molecule has 0 spiro atoms. The topological polar surface area (TPSA) is 79.5 Å². The van der Waals surface area contributed by atoms with E-state index in [-0.39, 0.29) is 11.9 Å². The van der Waals surface area contributed by atoms with Gasteiger partial charge in [-0.25, -0.2) is 0 Å². The number of H-pyrrole nitrogens is 1. The lowest BCUT2D eigenvalue weighted by Crippen LogP contribution is -2.37. The second-order valence-electron chi connectivity index (χ2n) is 7.60. The number of rotatable bonds is 8. The van der Waals surface area contributed by atoms with Gasteiger partial charge < -0.3 is 14.8 Å². The van der Waals surface area contributed by atoms with Gasteiger partial charge in [0.15, 0.2) is 0 Å². The molecular weight excluding hydrogens is 392 g/mol. The maximum absolute atomic E-state index is 13.1. The van der Waals surface area contributed by atoms with Gasteiger partial charge in [-0.2, -0.15) is 5.10 Å². The summed E-state index contributed by atoms with van der Waals surface area (Å²) in [7, 11) is 3.31. The first-order valence-corrected chi connectivity index (χ1v) is 10.5. The second kappa shape index (κ2) is 9.66. The van der Waals surface area contributed by atoms with Crippen LogP contribution in [0.2, 0.25) is 0 Å². The van der Waals surface area contributed by atoms with Crippen LogP contribution >= 0.6 is 0 Å². The number of hydrogen-bond donors (Lipinski definition) is 2. The van der Waals surface area contributed by atoms with E-state index in [1.54, 1.807) is 20.4 Å². The SMILES string of the molecule is COc1ccc(-c2[nH]ncc2C(=O)NCC(c2ccccc2OC)N2CCCC2)cc1. The van der Waals surface area contributed by atoms with Crippen molar-refractivity contribution in [3.05, 3.63) is 65.9 Å². The number of para-hydroxylation sites is 1. The minimum atomic E-state index is -0.154. The van der Waals surface area contributed by atoms with Gasteiger partial charge in [0.05, 0.1) is 37.7 Å². The highest BCUT2D eigenvalue weighted by atomic mass is 16.5. The molecule has 1 amide bonds. The first kappa shape index (κ1) is 20.9. The summed E-state index contributed by atoms with van der Waals surface area (Å²) in [5, 5.41) is 10.2. The molecule has 0 aliphatic carbocycles. The molecule has 3 aromatic rings. The fourth-order valence-corrected chi connectivity index (χ4v) is 4.15. The molecular formula is C24H28N4O3. The van der Waals surface area contributed by atoms with E-state index in [0.717, 1.165) is 35.7 Å². The number of nitrogens with one attached hydrogen (secondary N) is 2. The fourth-order valence-electron chi connectivity index (χ4n) is 4.15. The molecule has 7 nitrogen and oxygen atoms in total. The van der Waals surface area contributed by atoms with Gasteiger partial charge in [-0.05, 0) is 56.3 Å². The average molecular weight is 421 g/mol. The lowest BCUT2D eigenvalue weighted by atomic mass is 10.0. The molecule has 31 heavy (non-hydrogen) atoms. The molecule has 7 heteroatoms. The Morgan fingerprint density at radius 2 is 1.84 bits per heavy atom. The number of amides is 1. The highest BCUT2D eigenvalue weighted by molar-refractivity contribution is 5.99. The zero-order valence-electron chi connectivity index (χ0n) is 17.9. The minimum Gasteiger partial charge on any atom is -0.497 e. The molecule has 0 saturated carbocycles. The zero-order valence-corrected chi connectivity index (χ0v) is 17.9. The Hall–Kier alpha value is -3.32. The van der Waals surface area contributed by atoms with Gasteiger partial charge in [0, 0.05) is 17.7 Å². The third kappa shape index (κ3) is 4.56. The number of nitrogens with zero attached hydrogens (tertiary/aromatic N) is 2. The third-order valence-electron chi connectivity index (χ3n) is 5.80. The first-order valence-electron chi connectivity index (χ1n) is 10.5. The van der Waals surface area contributed by atoms with Gasteiger partial charge in [0.25, 0.3) is 5.91 Å². The van der Waals surface area contributed by atoms with E-state index in [1.807, 2.05) is 42.5 Å². The molecule has 1 fully saturated rings. The normalized spacial score (nSPS) is 14.9.